The van der Waals surface area contributed by atoms with Crippen molar-refractivity contribution in [2.75, 3.05) is 5.73 Å². The smallest absolute Gasteiger partial charge is 0.207 e. The SMILES string of the molecule is N#CCc1cccc(/C=N/NC(=S)N/N=C/c2cccc(N)c2)c1. The number of nitrogens with one attached hydrogen (secondary N) is 2. The lowest BCUT2D eigenvalue weighted by Gasteiger charge is -2.01. The normalized spacial score (nSPS) is 10.6. The van der Waals surface area contributed by atoms with E-state index in [4.69, 9.17) is 23.2 Å². The molecule has 0 fully saturated rings. The summed E-state index contributed by atoms with van der Waals surface area (Å²) in [7, 11) is 0. The molecule has 0 unspecified atom stereocenters. The minimum Gasteiger partial charge on any atom is -0.399 e. The van der Waals surface area contributed by atoms with Gasteiger partial charge in [0.1, 0.15) is 0 Å². The number of anilines is 1. The van der Waals surface area contributed by atoms with E-state index < -0.39 is 0 Å². The average Bonchev–Trinajstić information content (AvgIpc) is 2.56. The van der Waals surface area contributed by atoms with Crippen molar-refractivity contribution in [1.29, 1.82) is 5.26 Å². The summed E-state index contributed by atoms with van der Waals surface area (Å²) in [6.07, 6.45) is 3.60. The van der Waals surface area contributed by atoms with Gasteiger partial charge < -0.3 is 5.73 Å². The number of nitrogens with zero attached hydrogens (tertiary/aromatic N) is 3. The highest BCUT2D eigenvalue weighted by molar-refractivity contribution is 7.80. The van der Waals surface area contributed by atoms with Crippen LogP contribution >= 0.6 is 12.2 Å². The van der Waals surface area contributed by atoms with Crippen LogP contribution in [0.5, 0.6) is 0 Å². The van der Waals surface area contributed by atoms with Gasteiger partial charge in [0.15, 0.2) is 0 Å². The van der Waals surface area contributed by atoms with E-state index in [1.165, 1.54) is 0 Å². The summed E-state index contributed by atoms with van der Waals surface area (Å²) in [5, 5.41) is 17.0. The first-order valence-electron chi connectivity index (χ1n) is 7.11. The molecule has 0 spiro atoms. The number of benzene rings is 2. The van der Waals surface area contributed by atoms with E-state index in [1.807, 2.05) is 36.4 Å². The molecule has 120 valence electrons. The monoisotopic (exact) mass is 336 g/mol. The first kappa shape index (κ1) is 17.1. The lowest BCUT2D eigenvalue weighted by molar-refractivity contribution is 0.934. The fraction of sp³-hybridized carbons (Fsp3) is 0.0588. The van der Waals surface area contributed by atoms with Crippen LogP contribution in [-0.4, -0.2) is 17.5 Å². The van der Waals surface area contributed by atoms with Crippen molar-refractivity contribution >= 4 is 35.4 Å². The van der Waals surface area contributed by atoms with E-state index in [2.05, 4.69) is 27.1 Å². The molecule has 7 heteroatoms. The zero-order valence-electron chi connectivity index (χ0n) is 12.8. The van der Waals surface area contributed by atoms with Crippen LogP contribution < -0.4 is 16.6 Å². The molecule has 0 bridgehead atoms. The highest BCUT2D eigenvalue weighted by Gasteiger charge is 1.94. The molecular weight excluding hydrogens is 320 g/mol. The Balaban J connectivity index is 1.82. The fourth-order valence-electron chi connectivity index (χ4n) is 1.87. The number of thiocarbonyl (C=S) groups is 1. The summed E-state index contributed by atoms with van der Waals surface area (Å²) in [4.78, 5) is 0. The van der Waals surface area contributed by atoms with Gasteiger partial charge in [-0.15, -0.1) is 0 Å². The standard InChI is InChI=1S/C17H16N6S/c18-8-7-13-3-1-4-14(9-13)11-20-22-17(24)23-21-12-15-5-2-6-16(19)10-15/h1-6,9-12H,7,19H2,(H2,22,23,24)/b20-11+,21-12+. The van der Waals surface area contributed by atoms with Crippen LogP contribution in [-0.2, 0) is 6.42 Å². The molecule has 0 atom stereocenters. The summed E-state index contributed by atoms with van der Waals surface area (Å²) in [5.41, 5.74) is 14.4. The van der Waals surface area contributed by atoms with E-state index in [1.54, 1.807) is 24.6 Å². The minimum absolute atomic E-state index is 0.264. The second kappa shape index (κ2) is 9.02. The van der Waals surface area contributed by atoms with E-state index in [9.17, 15) is 0 Å². The molecule has 0 saturated heterocycles. The number of nitrogen functional groups attached to an aromatic ring is 1. The number of rotatable bonds is 5. The Morgan fingerprint density at radius 2 is 1.71 bits per heavy atom. The molecule has 4 N–H and O–H groups in total. The van der Waals surface area contributed by atoms with Crippen LogP contribution in [0, 0.1) is 11.3 Å². The molecule has 0 aliphatic heterocycles. The van der Waals surface area contributed by atoms with Crippen molar-refractivity contribution in [3.8, 4) is 6.07 Å². The molecule has 2 aromatic rings. The largest absolute Gasteiger partial charge is 0.399 e. The van der Waals surface area contributed by atoms with Gasteiger partial charge in [0, 0.05) is 5.69 Å². The molecule has 0 radical (unpaired) electrons. The third-order valence-corrected chi connectivity index (χ3v) is 3.09. The Labute approximate surface area is 145 Å². The zero-order chi connectivity index (χ0) is 17.2. The predicted octanol–water partition coefficient (Wildman–Crippen LogP) is 2.17. The Bertz CT molecular complexity index is 807. The number of nitriles is 1. The zero-order valence-corrected chi connectivity index (χ0v) is 13.6. The van der Waals surface area contributed by atoms with Crippen molar-refractivity contribution in [1.82, 2.24) is 10.9 Å². The highest BCUT2D eigenvalue weighted by Crippen LogP contribution is 2.04. The summed E-state index contributed by atoms with van der Waals surface area (Å²) in [6.45, 7) is 0. The molecule has 6 nitrogen and oxygen atoms in total. The number of hydrogen-bond donors (Lipinski definition) is 3. The highest BCUT2D eigenvalue weighted by atomic mass is 32.1. The van der Waals surface area contributed by atoms with Crippen LogP contribution in [0.15, 0.2) is 58.7 Å². The Kier molecular flexibility index (Phi) is 6.44. The van der Waals surface area contributed by atoms with Crippen molar-refractivity contribution in [3.05, 3.63) is 65.2 Å². The maximum atomic E-state index is 8.70. The Hall–Kier alpha value is -3.24. The Morgan fingerprint density at radius 3 is 2.33 bits per heavy atom. The van der Waals surface area contributed by atoms with Gasteiger partial charge >= 0.3 is 0 Å². The molecule has 0 aromatic heterocycles. The number of nitrogens with two attached hydrogens (primary N) is 1. The van der Waals surface area contributed by atoms with E-state index in [-0.39, 0.29) is 5.11 Å². The van der Waals surface area contributed by atoms with Gasteiger partial charge in [-0.2, -0.15) is 15.5 Å². The maximum Gasteiger partial charge on any atom is 0.207 e. The molecular formula is C17H16N6S. The maximum absolute atomic E-state index is 8.70. The molecule has 24 heavy (non-hydrogen) atoms. The van der Waals surface area contributed by atoms with Crippen LogP contribution in [0.2, 0.25) is 0 Å². The molecule has 0 aliphatic rings. The van der Waals surface area contributed by atoms with Gasteiger partial charge in [0.05, 0.1) is 24.9 Å². The van der Waals surface area contributed by atoms with Gasteiger partial charge in [-0.3, -0.25) is 10.9 Å². The summed E-state index contributed by atoms with van der Waals surface area (Å²) < 4.78 is 0. The molecule has 0 heterocycles. The number of hydrogen-bond acceptors (Lipinski definition) is 5. The van der Waals surface area contributed by atoms with Gasteiger partial charge in [0.25, 0.3) is 0 Å². The fourth-order valence-corrected chi connectivity index (χ4v) is 1.98. The van der Waals surface area contributed by atoms with Gasteiger partial charge in [-0.25, -0.2) is 0 Å². The second-order valence-electron chi connectivity index (χ2n) is 4.82. The van der Waals surface area contributed by atoms with Crippen molar-refractivity contribution < 1.29 is 0 Å². The molecule has 0 amide bonds. The minimum atomic E-state index is 0.264. The van der Waals surface area contributed by atoms with E-state index >= 15 is 0 Å². The third kappa shape index (κ3) is 5.87. The van der Waals surface area contributed by atoms with Gasteiger partial charge in [-0.1, -0.05) is 30.3 Å². The molecule has 2 rings (SSSR count). The van der Waals surface area contributed by atoms with Crippen molar-refractivity contribution in [2.24, 2.45) is 10.2 Å². The first-order chi connectivity index (χ1) is 11.7. The molecule has 0 aliphatic carbocycles. The van der Waals surface area contributed by atoms with Crippen LogP contribution in [0.3, 0.4) is 0 Å². The average molecular weight is 336 g/mol. The summed E-state index contributed by atoms with van der Waals surface area (Å²) >= 11 is 5.06. The molecule has 2 aromatic carbocycles. The summed E-state index contributed by atoms with van der Waals surface area (Å²) in [6, 6.07) is 17.0. The Morgan fingerprint density at radius 1 is 1.08 bits per heavy atom. The summed E-state index contributed by atoms with van der Waals surface area (Å²) in [5.74, 6) is 0. The van der Waals surface area contributed by atoms with Gasteiger partial charge in [-0.05, 0) is 47.1 Å². The lowest BCUT2D eigenvalue weighted by Crippen LogP contribution is -2.28. The lowest BCUT2D eigenvalue weighted by atomic mass is 10.1. The van der Waals surface area contributed by atoms with Crippen LogP contribution in [0.25, 0.3) is 0 Å². The van der Waals surface area contributed by atoms with Gasteiger partial charge in [0.2, 0.25) is 5.11 Å². The second-order valence-corrected chi connectivity index (χ2v) is 5.23. The quantitative estimate of drug-likeness (QED) is 0.336. The first-order valence-corrected chi connectivity index (χ1v) is 7.52. The molecule has 0 saturated carbocycles. The van der Waals surface area contributed by atoms with Crippen molar-refractivity contribution in [3.63, 3.8) is 0 Å². The van der Waals surface area contributed by atoms with E-state index in [0.29, 0.717) is 12.1 Å². The predicted molar refractivity (Wildman–Crippen MR) is 101 cm³/mol. The van der Waals surface area contributed by atoms with Crippen LogP contribution in [0.4, 0.5) is 5.69 Å². The van der Waals surface area contributed by atoms with E-state index in [0.717, 1.165) is 16.7 Å². The topological polar surface area (TPSA) is 98.6 Å². The third-order valence-electron chi connectivity index (χ3n) is 2.90. The number of hydrazone groups is 2. The van der Waals surface area contributed by atoms with Crippen molar-refractivity contribution in [2.45, 2.75) is 6.42 Å². The van der Waals surface area contributed by atoms with Crippen LogP contribution in [0.1, 0.15) is 16.7 Å².